The second-order valence-electron chi connectivity index (χ2n) is 10.9. The molecule has 0 heterocycles. The van der Waals surface area contributed by atoms with E-state index in [1.807, 2.05) is 30.4 Å². The average molecular weight is 479 g/mol. The summed E-state index contributed by atoms with van der Waals surface area (Å²) in [6.07, 6.45) is 12.8. The summed E-state index contributed by atoms with van der Waals surface area (Å²) in [5, 5.41) is 0. The summed E-state index contributed by atoms with van der Waals surface area (Å²) in [6, 6.07) is 7.25. The molecule has 0 aromatic heterocycles. The Morgan fingerprint density at radius 2 is 1.94 bits per heavy atom. The third-order valence-electron chi connectivity index (χ3n) is 9.83. The number of rotatable bonds is 7. The first-order valence-electron chi connectivity index (χ1n) is 13.3. The van der Waals surface area contributed by atoms with Gasteiger partial charge in [-0.3, -0.25) is 4.79 Å². The van der Waals surface area contributed by atoms with Gasteiger partial charge in [-0.05, 0) is 99.3 Å². The van der Waals surface area contributed by atoms with Crippen LogP contribution in [0.1, 0.15) is 64.7 Å². The molecule has 35 heavy (non-hydrogen) atoms. The Hall–Kier alpha value is -2.56. The number of methoxy groups -OCH3 is 1. The van der Waals surface area contributed by atoms with Crippen LogP contribution in [-0.2, 0) is 14.3 Å². The Labute approximate surface area is 208 Å². The van der Waals surface area contributed by atoms with Crippen LogP contribution < -0.4 is 9.47 Å². The Kier molecular flexibility index (Phi) is 6.54. The number of carbonyl (C=O) groups is 2. The van der Waals surface area contributed by atoms with Crippen molar-refractivity contribution in [1.29, 1.82) is 0 Å². The van der Waals surface area contributed by atoms with Crippen LogP contribution in [0.2, 0.25) is 0 Å². The lowest BCUT2D eigenvalue weighted by molar-refractivity contribution is -0.177. The molecule has 3 saturated carbocycles. The molecule has 0 amide bonds. The van der Waals surface area contributed by atoms with Crippen LogP contribution in [0.3, 0.4) is 0 Å². The summed E-state index contributed by atoms with van der Waals surface area (Å²) in [5.41, 5.74) is 0.679. The first kappa shape index (κ1) is 24.1. The molecule has 188 valence electrons. The van der Waals surface area contributed by atoms with Gasteiger partial charge in [-0.25, -0.2) is 4.79 Å². The molecule has 6 atom stereocenters. The lowest BCUT2D eigenvalue weighted by atomic mass is 9.49. The van der Waals surface area contributed by atoms with E-state index in [0.29, 0.717) is 47.4 Å². The molecule has 0 spiro atoms. The van der Waals surface area contributed by atoms with Crippen LogP contribution in [0.5, 0.6) is 11.5 Å². The first-order chi connectivity index (χ1) is 16.9. The van der Waals surface area contributed by atoms with Crippen molar-refractivity contribution in [2.24, 2.45) is 29.1 Å². The largest absolute Gasteiger partial charge is 0.497 e. The summed E-state index contributed by atoms with van der Waals surface area (Å²) < 4.78 is 17.3. The molecule has 5 heteroatoms. The molecule has 0 bridgehead atoms. The van der Waals surface area contributed by atoms with Crippen molar-refractivity contribution < 1.29 is 23.8 Å². The van der Waals surface area contributed by atoms with Gasteiger partial charge in [0.1, 0.15) is 17.1 Å². The predicted octanol–water partition coefficient (Wildman–Crippen LogP) is 6.07. The fourth-order valence-corrected chi connectivity index (χ4v) is 8.33. The number of ether oxygens (including phenoxy) is 3. The van der Waals surface area contributed by atoms with Gasteiger partial charge < -0.3 is 14.2 Å². The van der Waals surface area contributed by atoms with Gasteiger partial charge in [0.25, 0.3) is 0 Å². The monoisotopic (exact) mass is 478 g/mol. The van der Waals surface area contributed by atoms with Crippen LogP contribution in [0.15, 0.2) is 48.6 Å². The molecule has 5 nitrogen and oxygen atoms in total. The molecule has 0 aliphatic heterocycles. The van der Waals surface area contributed by atoms with E-state index in [1.165, 1.54) is 5.57 Å². The Bertz CT molecular complexity index is 1030. The summed E-state index contributed by atoms with van der Waals surface area (Å²) >= 11 is 0. The van der Waals surface area contributed by atoms with Crippen molar-refractivity contribution in [1.82, 2.24) is 0 Å². The van der Waals surface area contributed by atoms with Crippen molar-refractivity contribution >= 4 is 11.8 Å². The number of hydrogen-bond donors (Lipinski definition) is 0. The highest BCUT2D eigenvalue weighted by molar-refractivity contribution is 5.91. The number of ketones is 1. The highest BCUT2D eigenvalue weighted by Gasteiger charge is 2.65. The number of esters is 1. The van der Waals surface area contributed by atoms with Crippen LogP contribution in [0.25, 0.3) is 0 Å². The summed E-state index contributed by atoms with van der Waals surface area (Å²) in [7, 11) is 1.61. The predicted molar refractivity (Wildman–Crippen MR) is 134 cm³/mol. The average Bonchev–Trinajstić information content (AvgIpc) is 3.21. The number of fused-ring (bicyclic) bond motifs is 5. The fraction of sp³-hybridized carbons (Fsp3) is 0.600. The molecule has 1 aromatic rings. The number of benzene rings is 1. The van der Waals surface area contributed by atoms with Crippen molar-refractivity contribution in [2.45, 2.75) is 70.3 Å². The maximum atomic E-state index is 13.1. The molecule has 0 radical (unpaired) electrons. The molecule has 3 fully saturated rings. The summed E-state index contributed by atoms with van der Waals surface area (Å²) in [5.74, 6) is 3.61. The van der Waals surface area contributed by atoms with Crippen LogP contribution in [-0.4, -0.2) is 31.1 Å². The van der Waals surface area contributed by atoms with Crippen LogP contribution in [0.4, 0.5) is 0 Å². The van der Waals surface area contributed by atoms with E-state index in [1.54, 1.807) is 13.2 Å². The third-order valence-corrected chi connectivity index (χ3v) is 9.83. The van der Waals surface area contributed by atoms with Gasteiger partial charge in [0, 0.05) is 17.9 Å². The second-order valence-corrected chi connectivity index (χ2v) is 10.9. The van der Waals surface area contributed by atoms with Gasteiger partial charge in [0.05, 0.1) is 7.11 Å². The zero-order valence-corrected chi connectivity index (χ0v) is 21.1. The first-order valence-corrected chi connectivity index (χ1v) is 13.3. The molecular weight excluding hydrogens is 440 g/mol. The zero-order valence-electron chi connectivity index (χ0n) is 21.1. The van der Waals surface area contributed by atoms with Gasteiger partial charge in [0.15, 0.2) is 12.4 Å². The third kappa shape index (κ3) is 4.01. The minimum atomic E-state index is -0.648. The van der Waals surface area contributed by atoms with E-state index in [4.69, 9.17) is 14.2 Å². The maximum absolute atomic E-state index is 13.1. The van der Waals surface area contributed by atoms with Crippen molar-refractivity contribution in [3.8, 4) is 11.5 Å². The van der Waals surface area contributed by atoms with Gasteiger partial charge >= 0.3 is 5.97 Å². The van der Waals surface area contributed by atoms with Gasteiger partial charge in [-0.1, -0.05) is 25.1 Å². The minimum Gasteiger partial charge on any atom is -0.497 e. The highest BCUT2D eigenvalue weighted by Crippen LogP contribution is 2.67. The summed E-state index contributed by atoms with van der Waals surface area (Å²) in [6.45, 7) is 6.31. The molecule has 5 rings (SSSR count). The van der Waals surface area contributed by atoms with Crippen LogP contribution in [0, 0.1) is 29.1 Å². The summed E-state index contributed by atoms with van der Waals surface area (Å²) in [4.78, 5) is 25.1. The van der Waals surface area contributed by atoms with E-state index in [-0.39, 0.29) is 18.0 Å². The topological polar surface area (TPSA) is 61.8 Å². The second kappa shape index (κ2) is 9.48. The number of hydrogen-bond acceptors (Lipinski definition) is 5. The molecule has 0 saturated heterocycles. The standard InChI is InChI=1S/C30H38O5/c1-4-29-15-13-25-24-12-10-21(31)17-20(24)9-11-26(25)27(29)14-16-30(29,5-2)35-28(32)19-34-23-8-6-7-22(18-23)33-3/h5-8,17-18,24-27H,2,4,9-16,19H2,1,3H3/t24?,25?,26?,27?,29-,30-/m0/s1. The van der Waals surface area contributed by atoms with Gasteiger partial charge in [0.2, 0.25) is 0 Å². The number of carbonyl (C=O) groups excluding carboxylic acids is 2. The molecule has 4 aliphatic rings. The van der Waals surface area contributed by atoms with E-state index >= 15 is 0 Å². The molecule has 1 aromatic carbocycles. The van der Waals surface area contributed by atoms with E-state index in [0.717, 1.165) is 51.4 Å². The lowest BCUT2D eigenvalue weighted by Gasteiger charge is -2.57. The van der Waals surface area contributed by atoms with Gasteiger partial charge in [-0.15, -0.1) is 0 Å². The quantitative estimate of drug-likeness (QED) is 0.351. The van der Waals surface area contributed by atoms with Crippen molar-refractivity contribution in [3.63, 3.8) is 0 Å². The zero-order chi connectivity index (χ0) is 24.6. The van der Waals surface area contributed by atoms with E-state index in [2.05, 4.69) is 13.5 Å². The minimum absolute atomic E-state index is 0.0761. The van der Waals surface area contributed by atoms with Crippen molar-refractivity contribution in [3.05, 3.63) is 48.6 Å². The Morgan fingerprint density at radius 3 is 2.71 bits per heavy atom. The Morgan fingerprint density at radius 1 is 1.11 bits per heavy atom. The Balaban J connectivity index is 1.32. The normalized spacial score (nSPS) is 35.7. The molecule has 0 N–H and O–H groups in total. The fourth-order valence-electron chi connectivity index (χ4n) is 8.33. The van der Waals surface area contributed by atoms with E-state index in [9.17, 15) is 9.59 Å². The molecule has 4 unspecified atom stereocenters. The molecule has 4 aliphatic carbocycles. The SMILES string of the molecule is C=C[C@]1(OC(=O)COc2cccc(OC)c2)CCC2C3CCC4=CC(=O)CCC4C3CC[C@@]21CC. The van der Waals surface area contributed by atoms with E-state index < -0.39 is 5.60 Å². The van der Waals surface area contributed by atoms with Gasteiger partial charge in [-0.2, -0.15) is 0 Å². The highest BCUT2D eigenvalue weighted by atomic mass is 16.6. The molecular formula is C30H38O5. The van der Waals surface area contributed by atoms with Crippen LogP contribution >= 0.6 is 0 Å². The number of allylic oxidation sites excluding steroid dienone is 1. The maximum Gasteiger partial charge on any atom is 0.345 e. The lowest BCUT2D eigenvalue weighted by Crippen LogP contribution is -2.55. The smallest absolute Gasteiger partial charge is 0.345 e. The van der Waals surface area contributed by atoms with Crippen molar-refractivity contribution in [2.75, 3.05) is 13.7 Å².